The molecule has 0 aliphatic carbocycles. The molecule has 33 heavy (non-hydrogen) atoms. The molecule has 2 amide bonds. The Labute approximate surface area is 207 Å². The largest absolute Gasteiger partial charge is 0.334 e. The third-order valence-electron chi connectivity index (χ3n) is 5.63. The van der Waals surface area contributed by atoms with E-state index in [9.17, 15) is 9.59 Å². The molecule has 1 aliphatic rings. The number of thiocarbonyl (C=S) groups is 1. The van der Waals surface area contributed by atoms with Crippen LogP contribution in [0.2, 0.25) is 0 Å². The second-order valence-corrected chi connectivity index (χ2v) is 10.8. The Morgan fingerprint density at radius 3 is 2.33 bits per heavy atom. The smallest absolute Gasteiger partial charge is 0.266 e. The van der Waals surface area contributed by atoms with Gasteiger partial charge >= 0.3 is 0 Å². The van der Waals surface area contributed by atoms with Crippen molar-refractivity contribution in [1.82, 2.24) is 9.80 Å². The second-order valence-electron chi connectivity index (χ2n) is 9.17. The number of benzene rings is 2. The van der Waals surface area contributed by atoms with Gasteiger partial charge in [-0.2, -0.15) is 0 Å². The number of hydrogen-bond donors (Lipinski definition) is 0. The number of amides is 2. The van der Waals surface area contributed by atoms with E-state index in [0.717, 1.165) is 17.5 Å². The van der Waals surface area contributed by atoms with Gasteiger partial charge in [-0.05, 0) is 56.4 Å². The molecule has 1 fully saturated rings. The second kappa shape index (κ2) is 11.1. The molecule has 174 valence electrons. The highest BCUT2D eigenvalue weighted by Gasteiger charge is 2.32. The van der Waals surface area contributed by atoms with E-state index in [0.29, 0.717) is 35.2 Å². The van der Waals surface area contributed by atoms with E-state index in [1.165, 1.54) is 17.3 Å². The minimum atomic E-state index is -0.287. The molecular weight excluding hydrogens is 448 g/mol. The molecule has 4 nitrogen and oxygen atoms in total. The Morgan fingerprint density at radius 2 is 1.73 bits per heavy atom. The van der Waals surface area contributed by atoms with Crippen molar-refractivity contribution in [3.05, 3.63) is 76.2 Å². The molecule has 3 rings (SSSR count). The Balaban J connectivity index is 1.59. The lowest BCUT2D eigenvalue weighted by Gasteiger charge is -2.36. The van der Waals surface area contributed by atoms with E-state index in [4.69, 9.17) is 12.2 Å². The highest BCUT2D eigenvalue weighted by atomic mass is 32.2. The number of thioether (sulfide) groups is 1. The molecule has 2 aromatic carbocycles. The number of hydrogen-bond acceptors (Lipinski definition) is 4. The lowest BCUT2D eigenvalue weighted by atomic mass is 10.0. The molecule has 1 aliphatic heterocycles. The third-order valence-corrected chi connectivity index (χ3v) is 7.00. The Morgan fingerprint density at radius 1 is 1.06 bits per heavy atom. The van der Waals surface area contributed by atoms with Crippen molar-refractivity contribution in [2.24, 2.45) is 0 Å². The van der Waals surface area contributed by atoms with Crippen LogP contribution in [0.4, 0.5) is 0 Å². The highest BCUT2D eigenvalue weighted by Crippen LogP contribution is 2.33. The molecule has 0 unspecified atom stereocenters. The van der Waals surface area contributed by atoms with E-state index < -0.39 is 0 Å². The van der Waals surface area contributed by atoms with Crippen molar-refractivity contribution >= 4 is 46.2 Å². The monoisotopic (exact) mass is 480 g/mol. The first-order valence-corrected chi connectivity index (χ1v) is 12.6. The molecule has 0 N–H and O–H groups in total. The maximum atomic E-state index is 13.1. The van der Waals surface area contributed by atoms with Crippen LogP contribution in [0.25, 0.3) is 6.08 Å². The summed E-state index contributed by atoms with van der Waals surface area (Å²) < 4.78 is 0.556. The minimum Gasteiger partial charge on any atom is -0.334 e. The number of nitrogens with zero attached hydrogens (tertiary/aromatic N) is 2. The molecular formula is C27H32N2O2S2. The van der Waals surface area contributed by atoms with Crippen LogP contribution in [0, 0.1) is 0 Å². The SMILES string of the molecule is CCc1ccc(/C=C2\SC(=S)N(CCCC(=O)N(Cc3ccccc3)C(C)(C)C)C2=O)cc1. The average Bonchev–Trinajstić information content (AvgIpc) is 3.05. The van der Waals surface area contributed by atoms with E-state index in [1.54, 1.807) is 4.90 Å². The topological polar surface area (TPSA) is 40.6 Å². The molecule has 0 atom stereocenters. The summed E-state index contributed by atoms with van der Waals surface area (Å²) in [5.41, 5.74) is 3.07. The molecule has 0 radical (unpaired) electrons. The molecule has 0 saturated carbocycles. The predicted octanol–water partition coefficient (Wildman–Crippen LogP) is 6.06. The Kier molecular flexibility index (Phi) is 8.49. The van der Waals surface area contributed by atoms with Gasteiger partial charge in [0.2, 0.25) is 5.91 Å². The highest BCUT2D eigenvalue weighted by molar-refractivity contribution is 8.26. The van der Waals surface area contributed by atoms with Crippen LogP contribution in [0.5, 0.6) is 0 Å². The standard InChI is InChI=1S/C27H32N2O2S2/c1-5-20-13-15-21(16-14-20)18-23-25(31)28(26(32)33-23)17-9-12-24(30)29(27(2,3)4)19-22-10-7-6-8-11-22/h6-8,10-11,13-16,18H,5,9,12,17,19H2,1-4H3/b23-18-. The number of carbonyl (C=O) groups excluding carboxylic acids is 2. The van der Waals surface area contributed by atoms with E-state index in [1.807, 2.05) is 74.2 Å². The fourth-order valence-electron chi connectivity index (χ4n) is 3.68. The summed E-state index contributed by atoms with van der Waals surface area (Å²) in [6, 6.07) is 18.2. The van der Waals surface area contributed by atoms with Crippen LogP contribution in [0.1, 0.15) is 57.2 Å². The van der Waals surface area contributed by atoms with Crippen molar-refractivity contribution < 1.29 is 9.59 Å². The van der Waals surface area contributed by atoms with E-state index >= 15 is 0 Å². The maximum Gasteiger partial charge on any atom is 0.266 e. The summed E-state index contributed by atoms with van der Waals surface area (Å²) in [6.07, 6.45) is 3.83. The van der Waals surface area contributed by atoms with Crippen molar-refractivity contribution in [3.8, 4) is 0 Å². The fraction of sp³-hybridized carbons (Fsp3) is 0.370. The van der Waals surface area contributed by atoms with Crippen LogP contribution >= 0.6 is 24.0 Å². The van der Waals surface area contributed by atoms with E-state index in [2.05, 4.69) is 19.1 Å². The van der Waals surface area contributed by atoms with Crippen molar-refractivity contribution in [3.63, 3.8) is 0 Å². The summed E-state index contributed by atoms with van der Waals surface area (Å²) in [6.45, 7) is 9.29. The third kappa shape index (κ3) is 6.78. The van der Waals surface area contributed by atoms with Gasteiger partial charge in [0.15, 0.2) is 0 Å². The van der Waals surface area contributed by atoms with Crippen LogP contribution in [0.15, 0.2) is 59.5 Å². The number of carbonyl (C=O) groups is 2. The number of rotatable bonds is 8. The van der Waals surface area contributed by atoms with Gasteiger partial charge in [0.1, 0.15) is 4.32 Å². The van der Waals surface area contributed by atoms with Crippen LogP contribution in [0.3, 0.4) is 0 Å². The zero-order valence-corrected chi connectivity index (χ0v) is 21.5. The lowest BCUT2D eigenvalue weighted by Crippen LogP contribution is -2.45. The first-order valence-electron chi connectivity index (χ1n) is 11.4. The first-order chi connectivity index (χ1) is 15.7. The molecule has 1 saturated heterocycles. The van der Waals surface area contributed by atoms with Gasteiger partial charge in [0, 0.05) is 25.0 Å². The molecule has 0 bridgehead atoms. The van der Waals surface area contributed by atoms with Gasteiger partial charge in [0.05, 0.1) is 4.91 Å². The van der Waals surface area contributed by atoms with Gasteiger partial charge in [0.25, 0.3) is 5.91 Å². The molecule has 0 aromatic heterocycles. The van der Waals surface area contributed by atoms with Crippen molar-refractivity contribution in [1.29, 1.82) is 0 Å². The molecule has 0 spiro atoms. The quantitative estimate of drug-likeness (QED) is 0.340. The molecule has 6 heteroatoms. The summed E-state index contributed by atoms with van der Waals surface area (Å²) in [4.78, 5) is 30.1. The average molecular weight is 481 g/mol. The maximum absolute atomic E-state index is 13.1. The Bertz CT molecular complexity index is 1020. The van der Waals surface area contributed by atoms with Crippen molar-refractivity contribution in [2.75, 3.05) is 6.54 Å². The van der Waals surface area contributed by atoms with Gasteiger partial charge in [-0.25, -0.2) is 0 Å². The summed E-state index contributed by atoms with van der Waals surface area (Å²) in [7, 11) is 0. The van der Waals surface area contributed by atoms with Gasteiger partial charge in [-0.15, -0.1) is 0 Å². The summed E-state index contributed by atoms with van der Waals surface area (Å²) >= 11 is 6.79. The van der Waals surface area contributed by atoms with Gasteiger partial charge in [-0.3, -0.25) is 14.5 Å². The Hall–Kier alpha value is -2.44. The predicted molar refractivity (Wildman–Crippen MR) is 142 cm³/mol. The van der Waals surface area contributed by atoms with Gasteiger partial charge in [-0.1, -0.05) is 85.5 Å². The van der Waals surface area contributed by atoms with Crippen LogP contribution in [-0.2, 0) is 22.6 Å². The molecule has 1 heterocycles. The lowest BCUT2D eigenvalue weighted by molar-refractivity contribution is -0.137. The van der Waals surface area contributed by atoms with E-state index in [-0.39, 0.29) is 17.4 Å². The normalized spacial score (nSPS) is 15.4. The first kappa shape index (κ1) is 25.2. The minimum absolute atomic E-state index is 0.0750. The zero-order chi connectivity index (χ0) is 24.0. The van der Waals surface area contributed by atoms with Crippen LogP contribution < -0.4 is 0 Å². The molecule has 2 aromatic rings. The van der Waals surface area contributed by atoms with Gasteiger partial charge < -0.3 is 4.90 Å². The summed E-state index contributed by atoms with van der Waals surface area (Å²) in [5.74, 6) is 0.0114. The number of aryl methyl sites for hydroxylation is 1. The fourth-order valence-corrected chi connectivity index (χ4v) is 4.99. The van der Waals surface area contributed by atoms with Crippen LogP contribution in [-0.4, -0.2) is 38.0 Å². The van der Waals surface area contributed by atoms with Crippen molar-refractivity contribution in [2.45, 2.75) is 59.0 Å². The zero-order valence-electron chi connectivity index (χ0n) is 19.8. The summed E-state index contributed by atoms with van der Waals surface area (Å²) in [5, 5.41) is 0.